The van der Waals surface area contributed by atoms with Crippen LogP contribution in [0.5, 0.6) is 0 Å². The fraction of sp³-hybridized carbons (Fsp3) is 0.533. The third-order valence-electron chi connectivity index (χ3n) is 3.57. The second-order valence-electron chi connectivity index (χ2n) is 5.36. The number of nitrogens with zero attached hydrogens (tertiary/aromatic N) is 2. The van der Waals surface area contributed by atoms with Gasteiger partial charge in [-0.05, 0) is 25.3 Å². The van der Waals surface area contributed by atoms with Crippen molar-refractivity contribution in [1.29, 1.82) is 0 Å². The van der Waals surface area contributed by atoms with Gasteiger partial charge in [0, 0.05) is 32.8 Å². The lowest BCUT2D eigenvalue weighted by atomic mass is 10.2. The number of hydrogen-bond donors (Lipinski definition) is 1. The summed E-state index contributed by atoms with van der Waals surface area (Å²) in [5.41, 5.74) is 0.296. The van der Waals surface area contributed by atoms with E-state index in [0.29, 0.717) is 18.4 Å². The zero-order chi connectivity index (χ0) is 15.4. The summed E-state index contributed by atoms with van der Waals surface area (Å²) in [5.74, 6) is -0.297. The minimum atomic E-state index is -0.308. The van der Waals surface area contributed by atoms with E-state index in [9.17, 15) is 14.4 Å². The summed E-state index contributed by atoms with van der Waals surface area (Å²) in [4.78, 5) is 37.8. The first-order chi connectivity index (χ1) is 10.0. The molecule has 0 unspecified atom stereocenters. The number of carbonyl (C=O) groups is 2. The van der Waals surface area contributed by atoms with Crippen LogP contribution in [-0.2, 0) is 11.8 Å². The van der Waals surface area contributed by atoms with E-state index in [2.05, 4.69) is 5.32 Å². The molecule has 21 heavy (non-hydrogen) atoms. The molecule has 1 saturated heterocycles. The molecule has 2 rings (SSSR count). The lowest BCUT2D eigenvalue weighted by molar-refractivity contribution is -0.116. The number of aromatic nitrogens is 1. The molecular formula is C15H21N3O3. The minimum absolute atomic E-state index is 0.0888. The third-order valence-corrected chi connectivity index (χ3v) is 3.57. The number of amides is 2. The van der Waals surface area contributed by atoms with Gasteiger partial charge in [-0.2, -0.15) is 0 Å². The van der Waals surface area contributed by atoms with Gasteiger partial charge in [0.25, 0.3) is 11.5 Å². The maximum atomic E-state index is 12.4. The molecule has 0 bridgehead atoms. The van der Waals surface area contributed by atoms with Crippen LogP contribution < -0.4 is 10.9 Å². The summed E-state index contributed by atoms with van der Waals surface area (Å²) in [5, 5.41) is 2.59. The van der Waals surface area contributed by atoms with Crippen molar-refractivity contribution < 1.29 is 9.59 Å². The van der Waals surface area contributed by atoms with Crippen LogP contribution in [0.15, 0.2) is 17.1 Å². The van der Waals surface area contributed by atoms with Crippen molar-refractivity contribution in [2.75, 3.05) is 18.4 Å². The first-order valence-corrected chi connectivity index (χ1v) is 7.32. The molecule has 0 saturated carbocycles. The van der Waals surface area contributed by atoms with Crippen molar-refractivity contribution in [3.63, 3.8) is 0 Å². The fourth-order valence-corrected chi connectivity index (χ4v) is 2.46. The molecule has 0 aliphatic carbocycles. The SMILES string of the molecule is CCCC(=O)Nc1cc(C(=O)N2CCCC2)cn(C)c1=O. The molecule has 2 heterocycles. The number of likely N-dealkylation sites (tertiary alicyclic amines) is 1. The van der Waals surface area contributed by atoms with E-state index in [1.807, 2.05) is 6.92 Å². The fourth-order valence-electron chi connectivity index (χ4n) is 2.46. The average molecular weight is 291 g/mol. The van der Waals surface area contributed by atoms with Crippen LogP contribution >= 0.6 is 0 Å². The molecule has 6 nitrogen and oxygen atoms in total. The number of nitrogens with one attached hydrogen (secondary N) is 1. The Morgan fingerprint density at radius 3 is 2.57 bits per heavy atom. The summed E-state index contributed by atoms with van der Waals surface area (Å²) >= 11 is 0. The first-order valence-electron chi connectivity index (χ1n) is 7.32. The van der Waals surface area contributed by atoms with Crippen LogP contribution in [0.3, 0.4) is 0 Å². The Bertz CT molecular complexity index is 601. The monoisotopic (exact) mass is 291 g/mol. The lowest BCUT2D eigenvalue weighted by Crippen LogP contribution is -2.30. The van der Waals surface area contributed by atoms with Crippen molar-refractivity contribution in [3.05, 3.63) is 28.2 Å². The molecule has 1 fully saturated rings. The van der Waals surface area contributed by atoms with E-state index in [4.69, 9.17) is 0 Å². The third kappa shape index (κ3) is 3.51. The Morgan fingerprint density at radius 2 is 1.95 bits per heavy atom. The smallest absolute Gasteiger partial charge is 0.274 e. The predicted molar refractivity (Wildman–Crippen MR) is 80.4 cm³/mol. The number of carbonyl (C=O) groups excluding carboxylic acids is 2. The second kappa shape index (κ2) is 6.56. The molecule has 1 aliphatic heterocycles. The van der Waals surface area contributed by atoms with Crippen molar-refractivity contribution in [1.82, 2.24) is 9.47 Å². The van der Waals surface area contributed by atoms with Gasteiger partial charge in [0.2, 0.25) is 5.91 Å². The zero-order valence-electron chi connectivity index (χ0n) is 12.5. The van der Waals surface area contributed by atoms with Gasteiger partial charge in [-0.25, -0.2) is 0 Å². The molecule has 0 spiro atoms. The van der Waals surface area contributed by atoms with Crippen molar-refractivity contribution >= 4 is 17.5 Å². The molecule has 1 aliphatic rings. The highest BCUT2D eigenvalue weighted by Gasteiger charge is 2.21. The molecular weight excluding hydrogens is 270 g/mol. The molecule has 0 radical (unpaired) electrons. The highest BCUT2D eigenvalue weighted by Crippen LogP contribution is 2.14. The van der Waals surface area contributed by atoms with E-state index in [1.54, 1.807) is 11.9 Å². The van der Waals surface area contributed by atoms with Gasteiger partial charge in [-0.1, -0.05) is 6.92 Å². The van der Waals surface area contributed by atoms with Gasteiger partial charge in [-0.3, -0.25) is 14.4 Å². The summed E-state index contributed by atoms with van der Waals surface area (Å²) in [6.07, 6.45) is 4.61. The number of hydrogen-bond acceptors (Lipinski definition) is 3. The van der Waals surface area contributed by atoms with Gasteiger partial charge in [0.05, 0.1) is 5.56 Å². The van der Waals surface area contributed by atoms with E-state index in [-0.39, 0.29) is 23.1 Å². The van der Waals surface area contributed by atoms with E-state index < -0.39 is 0 Å². The van der Waals surface area contributed by atoms with Crippen LogP contribution in [0, 0.1) is 0 Å². The number of rotatable bonds is 4. The minimum Gasteiger partial charge on any atom is -0.339 e. The summed E-state index contributed by atoms with van der Waals surface area (Å²) < 4.78 is 1.34. The van der Waals surface area contributed by atoms with Crippen molar-refractivity contribution in [2.45, 2.75) is 32.6 Å². The quantitative estimate of drug-likeness (QED) is 0.910. The van der Waals surface area contributed by atoms with E-state index in [1.165, 1.54) is 16.8 Å². The van der Waals surface area contributed by atoms with Gasteiger partial charge in [0.15, 0.2) is 0 Å². The summed E-state index contributed by atoms with van der Waals surface area (Å²) in [6, 6.07) is 1.48. The van der Waals surface area contributed by atoms with Crippen LogP contribution in [-0.4, -0.2) is 34.4 Å². The van der Waals surface area contributed by atoms with E-state index in [0.717, 1.165) is 25.9 Å². The van der Waals surface area contributed by atoms with Crippen LogP contribution in [0.25, 0.3) is 0 Å². The van der Waals surface area contributed by atoms with Crippen LogP contribution in [0.2, 0.25) is 0 Å². The molecule has 1 N–H and O–H groups in total. The highest BCUT2D eigenvalue weighted by atomic mass is 16.2. The lowest BCUT2D eigenvalue weighted by Gasteiger charge is -2.16. The Kier molecular flexibility index (Phi) is 4.77. The summed E-state index contributed by atoms with van der Waals surface area (Å²) in [7, 11) is 1.58. The number of anilines is 1. The molecule has 114 valence electrons. The first kappa shape index (κ1) is 15.3. The number of aryl methyl sites for hydroxylation is 1. The van der Waals surface area contributed by atoms with Crippen LogP contribution in [0.4, 0.5) is 5.69 Å². The van der Waals surface area contributed by atoms with Crippen LogP contribution in [0.1, 0.15) is 43.0 Å². The normalized spacial score (nSPS) is 14.3. The molecule has 0 aromatic carbocycles. The Morgan fingerprint density at radius 1 is 1.29 bits per heavy atom. The van der Waals surface area contributed by atoms with Gasteiger partial charge in [0.1, 0.15) is 5.69 Å². The van der Waals surface area contributed by atoms with Gasteiger partial charge < -0.3 is 14.8 Å². The highest BCUT2D eigenvalue weighted by molar-refractivity contribution is 5.96. The topological polar surface area (TPSA) is 71.4 Å². The van der Waals surface area contributed by atoms with Gasteiger partial charge >= 0.3 is 0 Å². The average Bonchev–Trinajstić information content (AvgIpc) is 2.97. The van der Waals surface area contributed by atoms with Crippen molar-refractivity contribution in [3.8, 4) is 0 Å². The Labute approximate surface area is 123 Å². The largest absolute Gasteiger partial charge is 0.339 e. The summed E-state index contributed by atoms with van der Waals surface area (Å²) in [6.45, 7) is 3.39. The maximum absolute atomic E-state index is 12.4. The maximum Gasteiger partial charge on any atom is 0.274 e. The molecule has 1 aromatic heterocycles. The Balaban J connectivity index is 2.27. The predicted octanol–water partition coefficient (Wildman–Crippen LogP) is 1.36. The molecule has 1 aromatic rings. The van der Waals surface area contributed by atoms with Crippen molar-refractivity contribution in [2.24, 2.45) is 7.05 Å². The second-order valence-corrected chi connectivity index (χ2v) is 5.36. The van der Waals surface area contributed by atoms with E-state index >= 15 is 0 Å². The number of pyridine rings is 1. The molecule has 6 heteroatoms. The molecule has 2 amide bonds. The zero-order valence-corrected chi connectivity index (χ0v) is 12.5. The standard InChI is InChI=1S/C15H21N3O3/c1-3-6-13(19)16-12-9-11(10-17(2)15(12)21)14(20)18-7-4-5-8-18/h9-10H,3-8H2,1-2H3,(H,16,19). The van der Waals surface area contributed by atoms with Gasteiger partial charge in [-0.15, -0.1) is 0 Å². The molecule has 0 atom stereocenters. The Hall–Kier alpha value is -2.11.